The predicted octanol–water partition coefficient (Wildman–Crippen LogP) is 1.96. The van der Waals surface area contributed by atoms with Crippen LogP contribution in [0.2, 0.25) is 0 Å². The highest BCUT2D eigenvalue weighted by atomic mass is 19.4. The maximum Gasteiger partial charge on any atom is 0.434 e. The van der Waals surface area contributed by atoms with Gasteiger partial charge in [-0.05, 0) is 0 Å². The van der Waals surface area contributed by atoms with Gasteiger partial charge in [0.05, 0.1) is 18.6 Å². The van der Waals surface area contributed by atoms with E-state index in [1.165, 1.54) is 6.20 Å². The summed E-state index contributed by atoms with van der Waals surface area (Å²) in [5.74, 6) is 0.728. The lowest BCUT2D eigenvalue weighted by molar-refractivity contribution is -0.141. The minimum absolute atomic E-state index is 0.206. The number of H-pyrrole nitrogens is 1. The molecule has 0 unspecified atom stereocenters. The zero-order chi connectivity index (χ0) is 11.6. The minimum atomic E-state index is -4.47. The first-order chi connectivity index (χ1) is 7.55. The molecule has 2 heterocycles. The molecule has 0 aromatic carbocycles. The molecule has 2 aromatic heterocycles. The van der Waals surface area contributed by atoms with E-state index in [1.807, 2.05) is 0 Å². The Labute approximate surface area is 87.7 Å². The van der Waals surface area contributed by atoms with Crippen LogP contribution in [0.3, 0.4) is 0 Å². The monoisotopic (exact) mass is 229 g/mol. The van der Waals surface area contributed by atoms with Gasteiger partial charge in [0.1, 0.15) is 11.6 Å². The normalized spacial score (nSPS) is 11.4. The van der Waals surface area contributed by atoms with Crippen LogP contribution in [0.5, 0.6) is 0 Å². The van der Waals surface area contributed by atoms with Crippen LogP contribution >= 0.6 is 0 Å². The molecule has 0 saturated heterocycles. The lowest BCUT2D eigenvalue weighted by atomic mass is 10.4. The summed E-state index contributed by atoms with van der Waals surface area (Å²) in [5.41, 5.74) is -1.03. The summed E-state index contributed by atoms with van der Waals surface area (Å²) in [6.07, 6.45) is -1.30. The molecule has 0 atom stereocenters. The van der Waals surface area contributed by atoms with E-state index in [0.717, 1.165) is 6.20 Å². The van der Waals surface area contributed by atoms with E-state index in [9.17, 15) is 13.2 Å². The third-order valence-electron chi connectivity index (χ3n) is 1.71. The summed E-state index contributed by atoms with van der Waals surface area (Å²) < 4.78 is 36.5. The number of rotatable bonds is 2. The average molecular weight is 229 g/mol. The van der Waals surface area contributed by atoms with Crippen LogP contribution in [0.4, 0.5) is 24.8 Å². The molecule has 0 radical (unpaired) electrons. The Morgan fingerprint density at radius 1 is 1.19 bits per heavy atom. The summed E-state index contributed by atoms with van der Waals surface area (Å²) in [5, 5.41) is 8.94. The van der Waals surface area contributed by atoms with Gasteiger partial charge in [0.2, 0.25) is 0 Å². The topological polar surface area (TPSA) is 66.5 Å². The SMILES string of the molecule is FC(F)(F)c1cnc(Nc2ccn[nH]2)cn1. The molecule has 0 aliphatic carbocycles. The molecule has 84 valence electrons. The molecule has 0 bridgehead atoms. The number of nitrogens with zero attached hydrogens (tertiary/aromatic N) is 3. The molecule has 5 nitrogen and oxygen atoms in total. The molecular weight excluding hydrogens is 223 g/mol. The highest BCUT2D eigenvalue weighted by Crippen LogP contribution is 2.27. The smallest absolute Gasteiger partial charge is 0.324 e. The van der Waals surface area contributed by atoms with Crippen LogP contribution in [0, 0.1) is 0 Å². The zero-order valence-corrected chi connectivity index (χ0v) is 7.78. The Bertz CT molecular complexity index is 448. The van der Waals surface area contributed by atoms with Gasteiger partial charge in [-0.25, -0.2) is 9.97 Å². The summed E-state index contributed by atoms with van der Waals surface area (Å²) in [6.45, 7) is 0. The third-order valence-corrected chi connectivity index (χ3v) is 1.71. The van der Waals surface area contributed by atoms with Gasteiger partial charge in [0.15, 0.2) is 5.69 Å². The summed E-state index contributed by atoms with van der Waals surface area (Å²) in [4.78, 5) is 6.82. The number of nitrogens with one attached hydrogen (secondary N) is 2. The number of aromatic amines is 1. The first-order valence-electron chi connectivity index (χ1n) is 4.21. The lowest BCUT2D eigenvalue weighted by Crippen LogP contribution is -2.08. The molecule has 0 fully saturated rings. The van der Waals surface area contributed by atoms with Gasteiger partial charge in [-0.3, -0.25) is 5.10 Å². The van der Waals surface area contributed by atoms with Crippen molar-refractivity contribution in [2.45, 2.75) is 6.18 Å². The number of hydrogen-bond acceptors (Lipinski definition) is 4. The van der Waals surface area contributed by atoms with Gasteiger partial charge >= 0.3 is 6.18 Å². The second-order valence-corrected chi connectivity index (χ2v) is 2.88. The fourth-order valence-electron chi connectivity index (χ4n) is 1.00. The maximum atomic E-state index is 12.2. The van der Waals surface area contributed by atoms with Gasteiger partial charge in [0.25, 0.3) is 0 Å². The Balaban J connectivity index is 2.14. The highest BCUT2D eigenvalue weighted by molar-refractivity contribution is 5.49. The van der Waals surface area contributed by atoms with Gasteiger partial charge < -0.3 is 5.32 Å². The molecule has 0 aliphatic heterocycles. The van der Waals surface area contributed by atoms with Crippen molar-refractivity contribution < 1.29 is 13.2 Å². The third kappa shape index (κ3) is 2.27. The van der Waals surface area contributed by atoms with E-state index >= 15 is 0 Å². The van der Waals surface area contributed by atoms with Crippen LogP contribution in [-0.2, 0) is 6.18 Å². The van der Waals surface area contributed by atoms with Crippen molar-refractivity contribution in [2.75, 3.05) is 5.32 Å². The van der Waals surface area contributed by atoms with Crippen molar-refractivity contribution in [3.05, 3.63) is 30.4 Å². The van der Waals surface area contributed by atoms with E-state index < -0.39 is 11.9 Å². The minimum Gasteiger partial charge on any atom is -0.324 e. The first kappa shape index (κ1) is 10.4. The molecular formula is C8H6F3N5. The Morgan fingerprint density at radius 2 is 2.00 bits per heavy atom. The van der Waals surface area contributed by atoms with Gasteiger partial charge in [0, 0.05) is 6.07 Å². The van der Waals surface area contributed by atoms with Crippen LogP contribution < -0.4 is 5.32 Å². The van der Waals surface area contributed by atoms with Gasteiger partial charge in [-0.2, -0.15) is 18.3 Å². The molecule has 0 spiro atoms. The van der Waals surface area contributed by atoms with Crippen molar-refractivity contribution in [3.8, 4) is 0 Å². The van der Waals surface area contributed by atoms with E-state index in [4.69, 9.17) is 0 Å². The molecule has 0 aliphatic rings. The number of hydrogen-bond donors (Lipinski definition) is 2. The highest BCUT2D eigenvalue weighted by Gasteiger charge is 2.32. The van der Waals surface area contributed by atoms with Crippen molar-refractivity contribution in [1.82, 2.24) is 20.2 Å². The van der Waals surface area contributed by atoms with Crippen molar-refractivity contribution in [1.29, 1.82) is 0 Å². The van der Waals surface area contributed by atoms with Crippen molar-refractivity contribution in [2.24, 2.45) is 0 Å². The molecule has 8 heteroatoms. The Kier molecular flexibility index (Phi) is 2.47. The molecule has 2 rings (SSSR count). The second kappa shape index (κ2) is 3.80. The van der Waals surface area contributed by atoms with Crippen LogP contribution in [0.25, 0.3) is 0 Å². The molecule has 2 aromatic rings. The van der Waals surface area contributed by atoms with Crippen molar-refractivity contribution >= 4 is 11.6 Å². The maximum absolute atomic E-state index is 12.2. The quantitative estimate of drug-likeness (QED) is 0.826. The first-order valence-corrected chi connectivity index (χ1v) is 4.21. The number of anilines is 2. The lowest BCUT2D eigenvalue weighted by Gasteiger charge is -2.06. The Hall–Kier alpha value is -2.12. The van der Waals surface area contributed by atoms with Gasteiger partial charge in [-0.15, -0.1) is 0 Å². The fraction of sp³-hybridized carbons (Fsp3) is 0.125. The fourth-order valence-corrected chi connectivity index (χ4v) is 1.00. The Morgan fingerprint density at radius 3 is 2.50 bits per heavy atom. The van der Waals surface area contributed by atoms with Gasteiger partial charge in [-0.1, -0.05) is 0 Å². The van der Waals surface area contributed by atoms with E-state index in [2.05, 4.69) is 25.5 Å². The second-order valence-electron chi connectivity index (χ2n) is 2.88. The molecule has 2 N–H and O–H groups in total. The summed E-state index contributed by atoms with van der Waals surface area (Å²) in [7, 11) is 0. The number of halogens is 3. The van der Waals surface area contributed by atoms with Crippen LogP contribution in [0.15, 0.2) is 24.7 Å². The van der Waals surface area contributed by atoms with E-state index in [1.54, 1.807) is 6.07 Å². The van der Waals surface area contributed by atoms with Crippen molar-refractivity contribution in [3.63, 3.8) is 0 Å². The van der Waals surface area contributed by atoms with E-state index in [-0.39, 0.29) is 5.82 Å². The molecule has 16 heavy (non-hydrogen) atoms. The van der Waals surface area contributed by atoms with Crippen LogP contribution in [0.1, 0.15) is 5.69 Å². The summed E-state index contributed by atoms with van der Waals surface area (Å²) in [6, 6.07) is 1.61. The summed E-state index contributed by atoms with van der Waals surface area (Å²) >= 11 is 0. The molecule has 0 saturated carbocycles. The van der Waals surface area contributed by atoms with E-state index in [0.29, 0.717) is 12.0 Å². The largest absolute Gasteiger partial charge is 0.434 e. The average Bonchev–Trinajstić information content (AvgIpc) is 2.70. The zero-order valence-electron chi connectivity index (χ0n) is 7.78. The standard InChI is InChI=1S/C8H6F3N5/c9-8(10,11)5-3-13-7(4-12-5)15-6-1-2-14-16-6/h1-4H,(H2,13,14,15,16). The predicted molar refractivity (Wildman–Crippen MR) is 48.9 cm³/mol. The van der Waals surface area contributed by atoms with Crippen LogP contribution in [-0.4, -0.2) is 20.2 Å². The number of aromatic nitrogens is 4. The molecule has 0 amide bonds. The number of alkyl halides is 3.